The van der Waals surface area contributed by atoms with Crippen LogP contribution in [0, 0.1) is 0 Å². The summed E-state index contributed by atoms with van der Waals surface area (Å²) in [7, 11) is 0. The largest absolute Gasteiger partial charge is 0.494 e. The normalized spacial score (nSPS) is 13.3. The van der Waals surface area contributed by atoms with Gasteiger partial charge in [0.1, 0.15) is 11.9 Å². The highest BCUT2D eigenvalue weighted by atomic mass is 19.4. The van der Waals surface area contributed by atoms with Gasteiger partial charge in [-0.15, -0.1) is 0 Å². The molecule has 0 aliphatic carbocycles. The van der Waals surface area contributed by atoms with Crippen molar-refractivity contribution in [2.75, 3.05) is 6.61 Å². The van der Waals surface area contributed by atoms with Crippen molar-refractivity contribution in [2.45, 2.75) is 69.3 Å². The second-order valence-corrected chi connectivity index (χ2v) is 16.4. The first kappa shape index (κ1) is 59.9. The monoisotopic (exact) mass is 1120 g/mol. The molecule has 0 saturated carbocycles. The summed E-state index contributed by atoms with van der Waals surface area (Å²) < 4.78 is 348. The lowest BCUT2D eigenvalue weighted by Crippen LogP contribution is -2.75. The standard InChI is InChI=1S/C32H12BF24.C15H17N2O2/c34-25(35,36)13-1-14(26(37,38)39)6-21(5-13)33(22-7-15(27(40,41)42)2-16(8-22)28(43,44)45,23-9-17(29(46,47)48)3-18(10-23)30(49,50)51)24-11-19(31(52,53)54)4-20(12-24)32(55,56)57;1-2-11-19-14-5-3-13(4-6-14)15(18)12-17-9-7-16-8-10-17/h1-12H;3-10H,2,11-12H2,1H3/q-1;+1. The molecule has 0 spiro atoms. The summed E-state index contributed by atoms with van der Waals surface area (Å²) >= 11 is 0. The number of ketones is 1. The smallest absolute Gasteiger partial charge is 0.416 e. The van der Waals surface area contributed by atoms with Crippen molar-refractivity contribution in [3.63, 3.8) is 0 Å². The number of carbonyl (C=O) groups is 1. The second kappa shape index (κ2) is 21.2. The molecule has 4 nitrogen and oxygen atoms in total. The number of nitrogens with zero attached hydrogens (tertiary/aromatic N) is 2. The Morgan fingerprint density at radius 3 is 0.895 bits per heavy atom. The lowest BCUT2D eigenvalue weighted by molar-refractivity contribution is -0.683. The van der Waals surface area contributed by atoms with Crippen molar-refractivity contribution in [3.8, 4) is 5.75 Å². The molecule has 5 aromatic carbocycles. The highest BCUT2D eigenvalue weighted by Gasteiger charge is 2.47. The molecule has 0 saturated heterocycles. The van der Waals surface area contributed by atoms with Gasteiger partial charge < -0.3 is 4.74 Å². The Bertz CT molecular complexity index is 2570. The van der Waals surface area contributed by atoms with E-state index in [9.17, 15) is 110 Å². The van der Waals surface area contributed by atoms with Crippen LogP contribution >= 0.6 is 0 Å². The highest BCUT2D eigenvalue weighted by Crippen LogP contribution is 2.41. The maximum absolute atomic E-state index is 14.2. The number of hydrogen-bond acceptors (Lipinski definition) is 3. The predicted molar refractivity (Wildman–Crippen MR) is 221 cm³/mol. The Labute approximate surface area is 411 Å². The van der Waals surface area contributed by atoms with Gasteiger partial charge >= 0.3 is 49.4 Å². The zero-order chi connectivity index (χ0) is 57.4. The van der Waals surface area contributed by atoms with Crippen molar-refractivity contribution in [2.24, 2.45) is 0 Å². The maximum atomic E-state index is 14.2. The van der Waals surface area contributed by atoms with Gasteiger partial charge in [-0.05, 0) is 55.0 Å². The molecule has 1 aromatic heterocycles. The lowest BCUT2D eigenvalue weighted by atomic mass is 9.12. The fourth-order valence-corrected chi connectivity index (χ4v) is 7.74. The van der Waals surface area contributed by atoms with Crippen molar-refractivity contribution < 1.29 is 119 Å². The Morgan fingerprint density at radius 2 is 0.671 bits per heavy atom. The molecule has 0 aliphatic heterocycles. The summed E-state index contributed by atoms with van der Waals surface area (Å²) in [4.78, 5) is 16.0. The van der Waals surface area contributed by atoms with E-state index in [0.29, 0.717) is 18.7 Å². The van der Waals surface area contributed by atoms with Gasteiger partial charge in [-0.1, -0.05) is 55.5 Å². The third-order valence-corrected chi connectivity index (χ3v) is 11.1. The fraction of sp³-hybridized carbons (Fsp3) is 0.255. The second-order valence-electron chi connectivity index (χ2n) is 16.4. The van der Waals surface area contributed by atoms with Crippen LogP contribution in [0.5, 0.6) is 5.75 Å². The molecular weight excluding hydrogens is 1090 g/mol. The molecule has 0 fully saturated rings. The number of halogens is 24. The molecule has 0 amide bonds. The number of aromatic nitrogens is 2. The van der Waals surface area contributed by atoms with Crippen LogP contribution in [-0.4, -0.2) is 23.5 Å². The molecule has 0 unspecified atom stereocenters. The first-order valence-electron chi connectivity index (χ1n) is 21.0. The Balaban J connectivity index is 0.000000468. The van der Waals surface area contributed by atoms with Gasteiger partial charge in [0.05, 0.1) is 63.5 Å². The van der Waals surface area contributed by atoms with Crippen molar-refractivity contribution in [1.82, 2.24) is 4.98 Å². The quantitative estimate of drug-likeness (QED) is 0.0594. The third-order valence-electron chi connectivity index (χ3n) is 11.1. The summed E-state index contributed by atoms with van der Waals surface area (Å²) in [6.45, 7) is 3.07. The van der Waals surface area contributed by atoms with E-state index >= 15 is 0 Å². The summed E-state index contributed by atoms with van der Waals surface area (Å²) in [6.07, 6.45) is -47.0. The number of ether oxygens (including phenoxy) is 1. The van der Waals surface area contributed by atoms with E-state index in [0.717, 1.165) is 12.2 Å². The molecule has 0 N–H and O–H groups in total. The maximum Gasteiger partial charge on any atom is 0.416 e. The minimum Gasteiger partial charge on any atom is -0.494 e. The van der Waals surface area contributed by atoms with Crippen LogP contribution < -0.4 is 31.2 Å². The van der Waals surface area contributed by atoms with Gasteiger partial charge in [-0.2, -0.15) is 132 Å². The molecular formula is C47H29BF24N2O2. The molecule has 6 rings (SSSR count). The molecule has 410 valence electrons. The van der Waals surface area contributed by atoms with Crippen LogP contribution in [0.15, 0.2) is 122 Å². The topological polar surface area (TPSA) is 43.1 Å². The van der Waals surface area contributed by atoms with Gasteiger partial charge in [0.25, 0.3) is 0 Å². The SMILES string of the molecule is CCCOc1ccc(C(=O)C[n+]2ccncc2)cc1.FC(F)(F)c1cc([B-](c2cc(C(F)(F)F)cc(C(F)(F)F)c2)(c2cc(C(F)(F)F)cc(C(F)(F)F)c2)c2cc(C(F)(F)F)cc(C(F)(F)F)c2)cc(C(F)(F)F)c1. The minimum atomic E-state index is -6.13. The first-order valence-corrected chi connectivity index (χ1v) is 21.0. The van der Waals surface area contributed by atoms with Crippen LogP contribution in [0.3, 0.4) is 0 Å². The van der Waals surface area contributed by atoms with Crippen molar-refractivity contribution in [1.29, 1.82) is 0 Å². The van der Waals surface area contributed by atoms with E-state index in [1.54, 1.807) is 41.5 Å². The van der Waals surface area contributed by atoms with Crippen molar-refractivity contribution >= 4 is 33.8 Å². The van der Waals surface area contributed by atoms with E-state index in [1.165, 1.54) is 0 Å². The zero-order valence-electron chi connectivity index (χ0n) is 37.5. The third kappa shape index (κ3) is 14.3. The minimum absolute atomic E-state index is 0.0678. The first-order chi connectivity index (χ1) is 34.6. The average Bonchev–Trinajstić information content (AvgIpc) is 3.29. The van der Waals surface area contributed by atoms with Crippen LogP contribution in [0.1, 0.15) is 68.2 Å². The molecule has 29 heteroatoms. The number of rotatable bonds is 10. The van der Waals surface area contributed by atoms with E-state index in [4.69, 9.17) is 4.74 Å². The molecule has 6 aromatic rings. The summed E-state index contributed by atoms with van der Waals surface area (Å²) in [5.41, 5.74) is -29.5. The number of alkyl halides is 24. The van der Waals surface area contributed by atoms with E-state index < -0.39 is 195 Å². The molecule has 0 bridgehead atoms. The molecule has 0 atom stereocenters. The van der Waals surface area contributed by atoms with Gasteiger partial charge in [-0.3, -0.25) is 9.78 Å². The van der Waals surface area contributed by atoms with Crippen molar-refractivity contribution in [3.05, 3.63) is 172 Å². The van der Waals surface area contributed by atoms with Gasteiger partial charge in [0.2, 0.25) is 12.3 Å². The van der Waals surface area contributed by atoms with Crippen LogP contribution in [0.4, 0.5) is 105 Å². The Hall–Kier alpha value is -6.97. The predicted octanol–water partition coefficient (Wildman–Crippen LogP) is 13.3. The summed E-state index contributed by atoms with van der Waals surface area (Å²) in [6, 6.07) is -1.54. The number of Topliss-reactive ketones (excluding diaryl/α,β-unsaturated/α-hetero) is 1. The number of benzene rings is 5. The lowest BCUT2D eigenvalue weighted by Gasteiger charge is -2.46. The summed E-state index contributed by atoms with van der Waals surface area (Å²) in [5, 5.41) is 0. The molecule has 1 heterocycles. The van der Waals surface area contributed by atoms with E-state index in [-0.39, 0.29) is 5.78 Å². The van der Waals surface area contributed by atoms with Crippen LogP contribution in [-0.2, 0) is 56.0 Å². The number of carbonyl (C=O) groups excluding carboxylic acids is 1. The summed E-state index contributed by atoms with van der Waals surface area (Å²) in [5.74, 6) is 0.869. The average molecular weight is 1120 g/mol. The van der Waals surface area contributed by atoms with Crippen LogP contribution in [0.2, 0.25) is 0 Å². The van der Waals surface area contributed by atoms with Gasteiger partial charge in [0.15, 0.2) is 12.4 Å². The zero-order valence-corrected chi connectivity index (χ0v) is 37.5. The Kier molecular flexibility index (Phi) is 16.7. The van der Waals surface area contributed by atoms with Gasteiger partial charge in [-0.25, -0.2) is 0 Å². The molecule has 0 radical (unpaired) electrons. The fourth-order valence-electron chi connectivity index (χ4n) is 7.74. The Morgan fingerprint density at radius 1 is 0.421 bits per heavy atom. The molecule has 76 heavy (non-hydrogen) atoms. The van der Waals surface area contributed by atoms with Gasteiger partial charge in [0, 0.05) is 5.56 Å². The number of hydrogen-bond donors (Lipinski definition) is 0. The molecule has 0 aliphatic rings. The van der Waals surface area contributed by atoms with E-state index in [2.05, 4.69) is 11.9 Å². The van der Waals surface area contributed by atoms with E-state index in [1.807, 2.05) is 12.1 Å². The van der Waals surface area contributed by atoms with Crippen LogP contribution in [0.25, 0.3) is 0 Å². The highest BCUT2D eigenvalue weighted by molar-refractivity contribution is 7.20.